The summed E-state index contributed by atoms with van der Waals surface area (Å²) in [4.78, 5) is 0. The lowest BCUT2D eigenvalue weighted by Gasteiger charge is -2.20. The lowest BCUT2D eigenvalue weighted by Crippen LogP contribution is -2.23. The van der Waals surface area contributed by atoms with Crippen LogP contribution in [0.4, 0.5) is 13.2 Å². The molecule has 2 aromatic rings. The van der Waals surface area contributed by atoms with Gasteiger partial charge in [-0.05, 0) is 37.6 Å². The van der Waals surface area contributed by atoms with Crippen LogP contribution >= 0.6 is 0 Å². The summed E-state index contributed by atoms with van der Waals surface area (Å²) in [6, 6.07) is 6.98. The molecule has 108 valence electrons. The predicted molar refractivity (Wildman–Crippen MR) is 70.0 cm³/mol. The highest BCUT2D eigenvalue weighted by molar-refractivity contribution is 5.28. The lowest BCUT2D eigenvalue weighted by molar-refractivity contribution is -0.137. The SMILES string of the molecule is CC(NC(C)c1ccn[nH]1)c1cccc(C(F)(F)F)c1. The fourth-order valence-electron chi connectivity index (χ4n) is 2.05. The van der Waals surface area contributed by atoms with Gasteiger partial charge >= 0.3 is 6.18 Å². The molecule has 0 aliphatic heterocycles. The van der Waals surface area contributed by atoms with Crippen molar-refractivity contribution in [3.8, 4) is 0 Å². The van der Waals surface area contributed by atoms with Crippen molar-refractivity contribution in [2.24, 2.45) is 0 Å². The van der Waals surface area contributed by atoms with Crippen molar-refractivity contribution in [2.75, 3.05) is 0 Å². The summed E-state index contributed by atoms with van der Waals surface area (Å²) in [7, 11) is 0. The third kappa shape index (κ3) is 3.39. The maximum atomic E-state index is 12.7. The zero-order valence-corrected chi connectivity index (χ0v) is 11.2. The van der Waals surface area contributed by atoms with Crippen molar-refractivity contribution in [1.29, 1.82) is 0 Å². The second-order valence-electron chi connectivity index (χ2n) is 4.75. The van der Waals surface area contributed by atoms with Crippen LogP contribution in [0, 0.1) is 0 Å². The Bertz CT molecular complexity index is 549. The van der Waals surface area contributed by atoms with Gasteiger partial charge in [-0.2, -0.15) is 18.3 Å². The van der Waals surface area contributed by atoms with E-state index in [2.05, 4.69) is 15.5 Å². The second-order valence-corrected chi connectivity index (χ2v) is 4.75. The van der Waals surface area contributed by atoms with Crippen LogP contribution < -0.4 is 5.32 Å². The van der Waals surface area contributed by atoms with Crippen LogP contribution in [-0.4, -0.2) is 10.2 Å². The zero-order chi connectivity index (χ0) is 14.8. The molecule has 2 N–H and O–H groups in total. The number of rotatable bonds is 4. The lowest BCUT2D eigenvalue weighted by atomic mass is 10.0. The number of benzene rings is 1. The fraction of sp³-hybridized carbons (Fsp3) is 0.357. The van der Waals surface area contributed by atoms with Crippen molar-refractivity contribution < 1.29 is 13.2 Å². The smallest absolute Gasteiger partial charge is 0.302 e. The molecule has 0 aliphatic rings. The number of hydrogen-bond acceptors (Lipinski definition) is 2. The van der Waals surface area contributed by atoms with Crippen molar-refractivity contribution >= 4 is 0 Å². The first kappa shape index (κ1) is 14.6. The normalized spacial score (nSPS) is 15.1. The maximum Gasteiger partial charge on any atom is 0.416 e. The molecular formula is C14H16F3N3. The molecule has 0 aliphatic carbocycles. The van der Waals surface area contributed by atoms with E-state index in [1.54, 1.807) is 12.3 Å². The van der Waals surface area contributed by atoms with Crippen LogP contribution in [0.5, 0.6) is 0 Å². The molecule has 0 fully saturated rings. The van der Waals surface area contributed by atoms with Gasteiger partial charge in [-0.3, -0.25) is 5.10 Å². The van der Waals surface area contributed by atoms with E-state index in [-0.39, 0.29) is 12.1 Å². The Balaban J connectivity index is 2.11. The van der Waals surface area contributed by atoms with Crippen molar-refractivity contribution in [3.63, 3.8) is 0 Å². The number of aromatic nitrogens is 2. The molecule has 2 rings (SSSR count). The fourth-order valence-corrected chi connectivity index (χ4v) is 2.05. The predicted octanol–water partition coefficient (Wildman–Crippen LogP) is 3.84. The first-order chi connectivity index (χ1) is 9.38. The largest absolute Gasteiger partial charge is 0.416 e. The van der Waals surface area contributed by atoms with Gasteiger partial charge in [0.1, 0.15) is 0 Å². The highest BCUT2D eigenvalue weighted by atomic mass is 19.4. The summed E-state index contributed by atoms with van der Waals surface area (Å²) in [5, 5.41) is 9.93. The van der Waals surface area contributed by atoms with Gasteiger partial charge in [-0.15, -0.1) is 0 Å². The first-order valence-corrected chi connectivity index (χ1v) is 6.30. The van der Waals surface area contributed by atoms with Crippen LogP contribution in [0.15, 0.2) is 36.5 Å². The van der Waals surface area contributed by atoms with Gasteiger partial charge in [0.2, 0.25) is 0 Å². The van der Waals surface area contributed by atoms with Crippen LogP contribution in [0.1, 0.15) is 42.8 Å². The Labute approximate surface area is 115 Å². The van der Waals surface area contributed by atoms with Crippen LogP contribution in [-0.2, 0) is 6.18 Å². The molecule has 3 nitrogen and oxygen atoms in total. The maximum absolute atomic E-state index is 12.7. The summed E-state index contributed by atoms with van der Waals surface area (Å²) < 4.78 is 38.1. The Kier molecular flexibility index (Phi) is 4.13. The molecule has 0 radical (unpaired) electrons. The number of aromatic amines is 1. The minimum atomic E-state index is -4.31. The molecule has 0 saturated carbocycles. The summed E-state index contributed by atoms with van der Waals surface area (Å²) in [6.45, 7) is 3.76. The van der Waals surface area contributed by atoms with Gasteiger partial charge in [-0.1, -0.05) is 12.1 Å². The number of H-pyrrole nitrogens is 1. The average molecular weight is 283 g/mol. The van der Waals surface area contributed by atoms with Gasteiger partial charge < -0.3 is 5.32 Å². The van der Waals surface area contributed by atoms with Crippen LogP contribution in [0.2, 0.25) is 0 Å². The number of nitrogens with one attached hydrogen (secondary N) is 2. The molecule has 0 saturated heterocycles. The van der Waals surface area contributed by atoms with Gasteiger partial charge in [0.15, 0.2) is 0 Å². The Morgan fingerprint density at radius 3 is 2.50 bits per heavy atom. The number of hydrogen-bond donors (Lipinski definition) is 2. The average Bonchev–Trinajstić information content (AvgIpc) is 2.91. The van der Waals surface area contributed by atoms with E-state index in [1.807, 2.05) is 19.9 Å². The molecule has 0 amide bonds. The van der Waals surface area contributed by atoms with Gasteiger partial charge in [0.05, 0.1) is 11.3 Å². The number of alkyl halides is 3. The molecule has 6 heteroatoms. The highest BCUT2D eigenvalue weighted by Crippen LogP contribution is 2.31. The first-order valence-electron chi connectivity index (χ1n) is 6.30. The highest BCUT2D eigenvalue weighted by Gasteiger charge is 2.30. The second kappa shape index (κ2) is 5.66. The van der Waals surface area contributed by atoms with E-state index in [0.717, 1.165) is 11.8 Å². The van der Waals surface area contributed by atoms with Gasteiger partial charge in [-0.25, -0.2) is 0 Å². The molecule has 2 atom stereocenters. The topological polar surface area (TPSA) is 40.7 Å². The summed E-state index contributed by atoms with van der Waals surface area (Å²) in [5.74, 6) is 0. The van der Waals surface area contributed by atoms with Gasteiger partial charge in [0.25, 0.3) is 0 Å². The van der Waals surface area contributed by atoms with Crippen LogP contribution in [0.3, 0.4) is 0 Å². The van der Waals surface area contributed by atoms with E-state index in [0.29, 0.717) is 5.56 Å². The van der Waals surface area contributed by atoms with Crippen molar-refractivity contribution in [2.45, 2.75) is 32.1 Å². The third-order valence-electron chi connectivity index (χ3n) is 3.20. The van der Waals surface area contributed by atoms with Gasteiger partial charge in [0, 0.05) is 18.3 Å². The van der Waals surface area contributed by atoms with Crippen molar-refractivity contribution in [1.82, 2.24) is 15.5 Å². The Morgan fingerprint density at radius 2 is 1.90 bits per heavy atom. The molecule has 1 aromatic carbocycles. The Hall–Kier alpha value is -1.82. The van der Waals surface area contributed by atoms with Crippen LogP contribution in [0.25, 0.3) is 0 Å². The molecular weight excluding hydrogens is 267 g/mol. The van der Waals surface area contributed by atoms with E-state index < -0.39 is 11.7 Å². The summed E-state index contributed by atoms with van der Waals surface area (Å²) in [6.07, 6.45) is -2.67. The van der Waals surface area contributed by atoms with E-state index >= 15 is 0 Å². The number of halogens is 3. The standard InChI is InChI=1S/C14H16F3N3/c1-9(19-10(2)13-6-7-18-20-13)11-4-3-5-12(8-11)14(15,16)17/h3-10,19H,1-2H3,(H,18,20). The summed E-state index contributed by atoms with van der Waals surface area (Å²) >= 11 is 0. The minimum Gasteiger partial charge on any atom is -0.302 e. The van der Waals surface area contributed by atoms with E-state index in [4.69, 9.17) is 0 Å². The minimum absolute atomic E-state index is 0.0259. The van der Waals surface area contributed by atoms with E-state index in [9.17, 15) is 13.2 Å². The molecule has 1 aromatic heterocycles. The van der Waals surface area contributed by atoms with Crippen molar-refractivity contribution in [3.05, 3.63) is 53.3 Å². The molecule has 0 bridgehead atoms. The molecule has 1 heterocycles. The summed E-state index contributed by atoms with van der Waals surface area (Å²) in [5.41, 5.74) is 0.868. The van der Waals surface area contributed by atoms with E-state index in [1.165, 1.54) is 12.1 Å². The quantitative estimate of drug-likeness (QED) is 0.895. The third-order valence-corrected chi connectivity index (χ3v) is 3.20. The number of nitrogens with zero attached hydrogens (tertiary/aromatic N) is 1. The molecule has 20 heavy (non-hydrogen) atoms. The molecule has 2 unspecified atom stereocenters. The monoisotopic (exact) mass is 283 g/mol. The zero-order valence-electron chi connectivity index (χ0n) is 11.2. The Morgan fingerprint density at radius 1 is 1.15 bits per heavy atom. The molecule has 0 spiro atoms.